The van der Waals surface area contributed by atoms with Crippen molar-refractivity contribution in [1.82, 2.24) is 4.72 Å². The van der Waals surface area contributed by atoms with Gasteiger partial charge in [0.25, 0.3) is 0 Å². The summed E-state index contributed by atoms with van der Waals surface area (Å²) >= 11 is 5.81. The van der Waals surface area contributed by atoms with Crippen LogP contribution in [0.1, 0.15) is 6.42 Å². The van der Waals surface area contributed by atoms with E-state index in [0.29, 0.717) is 6.42 Å². The van der Waals surface area contributed by atoms with Crippen molar-refractivity contribution in [1.29, 1.82) is 0 Å². The summed E-state index contributed by atoms with van der Waals surface area (Å²) in [4.78, 5) is -0.0688. The van der Waals surface area contributed by atoms with E-state index >= 15 is 0 Å². The Balaban J connectivity index is 3.03. The number of halogens is 1. The molecule has 0 spiro atoms. The van der Waals surface area contributed by atoms with Gasteiger partial charge < -0.3 is 5.73 Å². The first-order valence-corrected chi connectivity index (χ1v) is 6.49. The predicted octanol–water partition coefficient (Wildman–Crippen LogP) is 1.78. The quantitative estimate of drug-likeness (QED) is 0.482. The van der Waals surface area contributed by atoms with E-state index in [-0.39, 0.29) is 22.2 Å². The van der Waals surface area contributed by atoms with Crippen LogP contribution in [-0.4, -0.2) is 15.0 Å². The van der Waals surface area contributed by atoms with Crippen molar-refractivity contribution < 1.29 is 8.42 Å². The fourth-order valence-electron chi connectivity index (χ4n) is 1.18. The topological polar surface area (TPSA) is 72.2 Å². The Morgan fingerprint density at radius 1 is 1.50 bits per heavy atom. The van der Waals surface area contributed by atoms with Gasteiger partial charge in [-0.1, -0.05) is 23.7 Å². The summed E-state index contributed by atoms with van der Waals surface area (Å²) in [5, 5.41) is 0.117. The summed E-state index contributed by atoms with van der Waals surface area (Å²) in [6.07, 6.45) is 2.17. The average Bonchev–Trinajstić information content (AvgIpc) is 2.17. The molecular weight excluding hydrogens is 248 g/mol. The lowest BCUT2D eigenvalue weighted by Gasteiger charge is -2.09. The van der Waals surface area contributed by atoms with Crippen molar-refractivity contribution >= 4 is 27.3 Å². The van der Waals surface area contributed by atoms with Crippen LogP contribution in [0.2, 0.25) is 5.02 Å². The second kappa shape index (κ2) is 5.34. The molecule has 0 unspecified atom stereocenters. The van der Waals surface area contributed by atoms with Gasteiger partial charge in [-0.05, 0) is 18.6 Å². The molecule has 6 heteroatoms. The molecule has 4 nitrogen and oxygen atoms in total. The zero-order valence-electron chi connectivity index (χ0n) is 8.61. The van der Waals surface area contributed by atoms with E-state index < -0.39 is 10.0 Å². The first kappa shape index (κ1) is 13.0. The number of nitrogens with two attached hydrogens (primary N) is 1. The molecule has 0 saturated heterocycles. The van der Waals surface area contributed by atoms with Gasteiger partial charge in [0, 0.05) is 6.54 Å². The van der Waals surface area contributed by atoms with E-state index in [4.69, 9.17) is 17.3 Å². The number of anilines is 1. The summed E-state index contributed by atoms with van der Waals surface area (Å²) in [5.41, 5.74) is 5.73. The minimum absolute atomic E-state index is 0.0688. The van der Waals surface area contributed by atoms with Crippen LogP contribution in [0.4, 0.5) is 5.69 Å². The van der Waals surface area contributed by atoms with Crippen molar-refractivity contribution in [2.45, 2.75) is 11.3 Å². The van der Waals surface area contributed by atoms with Crippen LogP contribution in [0.25, 0.3) is 0 Å². The lowest BCUT2D eigenvalue weighted by atomic mass is 10.3. The highest BCUT2D eigenvalue weighted by atomic mass is 35.5. The molecule has 0 atom stereocenters. The van der Waals surface area contributed by atoms with Crippen LogP contribution >= 0.6 is 11.6 Å². The fourth-order valence-corrected chi connectivity index (χ4v) is 2.90. The highest BCUT2D eigenvalue weighted by Gasteiger charge is 2.19. The maximum atomic E-state index is 11.8. The first-order valence-electron chi connectivity index (χ1n) is 4.63. The third-order valence-electron chi connectivity index (χ3n) is 1.91. The average molecular weight is 261 g/mol. The lowest BCUT2D eigenvalue weighted by Crippen LogP contribution is -2.25. The predicted molar refractivity (Wildman–Crippen MR) is 65.9 cm³/mol. The zero-order chi connectivity index (χ0) is 12.2. The van der Waals surface area contributed by atoms with Gasteiger partial charge >= 0.3 is 0 Å². The number of rotatable bonds is 5. The van der Waals surface area contributed by atoms with E-state index in [1.165, 1.54) is 12.1 Å². The molecule has 0 aromatic heterocycles. The van der Waals surface area contributed by atoms with Gasteiger partial charge in [0.05, 0.1) is 10.7 Å². The molecule has 0 aliphatic carbocycles. The Morgan fingerprint density at radius 2 is 2.19 bits per heavy atom. The van der Waals surface area contributed by atoms with Crippen molar-refractivity contribution in [3.05, 3.63) is 35.9 Å². The Bertz CT molecular complexity index is 465. The summed E-state index contributed by atoms with van der Waals surface area (Å²) in [5.74, 6) is 0. The second-order valence-corrected chi connectivity index (χ2v) is 5.24. The molecule has 0 radical (unpaired) electrons. The molecule has 16 heavy (non-hydrogen) atoms. The number of benzene rings is 1. The molecule has 0 aliphatic heterocycles. The van der Waals surface area contributed by atoms with Crippen molar-refractivity contribution in [3.63, 3.8) is 0 Å². The Labute approximate surface area is 100 Å². The monoisotopic (exact) mass is 260 g/mol. The van der Waals surface area contributed by atoms with Crippen LogP contribution < -0.4 is 10.5 Å². The third-order valence-corrected chi connectivity index (χ3v) is 3.91. The molecule has 0 saturated carbocycles. The fraction of sp³-hybridized carbons (Fsp3) is 0.200. The number of nitrogens with one attached hydrogen (secondary N) is 1. The summed E-state index contributed by atoms with van der Waals surface area (Å²) in [6, 6.07) is 4.58. The Hall–Kier alpha value is -1.04. The molecular formula is C10H13ClN2O2S. The molecule has 88 valence electrons. The van der Waals surface area contributed by atoms with Gasteiger partial charge in [0.2, 0.25) is 10.0 Å². The zero-order valence-corrected chi connectivity index (χ0v) is 10.2. The Morgan fingerprint density at radius 3 is 2.75 bits per heavy atom. The van der Waals surface area contributed by atoms with Gasteiger partial charge in [0.1, 0.15) is 4.90 Å². The summed E-state index contributed by atoms with van der Waals surface area (Å²) in [6.45, 7) is 3.78. The van der Waals surface area contributed by atoms with Gasteiger partial charge in [-0.3, -0.25) is 0 Å². The maximum Gasteiger partial charge on any atom is 0.244 e. The maximum absolute atomic E-state index is 11.8. The number of hydrogen-bond acceptors (Lipinski definition) is 3. The highest BCUT2D eigenvalue weighted by molar-refractivity contribution is 7.89. The molecule has 1 rings (SSSR count). The first-order chi connectivity index (χ1) is 7.49. The Kier molecular flexibility index (Phi) is 4.35. The normalized spacial score (nSPS) is 11.3. The SMILES string of the molecule is C=CCCNS(=O)(=O)c1c(N)cccc1Cl. The molecule has 1 aromatic rings. The molecule has 0 bridgehead atoms. The van der Waals surface area contributed by atoms with E-state index in [9.17, 15) is 8.42 Å². The van der Waals surface area contributed by atoms with Gasteiger partial charge in [-0.2, -0.15) is 0 Å². The van der Waals surface area contributed by atoms with Crippen LogP contribution in [0.5, 0.6) is 0 Å². The van der Waals surface area contributed by atoms with Crippen molar-refractivity contribution in [2.24, 2.45) is 0 Å². The lowest BCUT2D eigenvalue weighted by molar-refractivity contribution is 0.582. The number of sulfonamides is 1. The van der Waals surface area contributed by atoms with E-state index in [2.05, 4.69) is 11.3 Å². The van der Waals surface area contributed by atoms with Crippen LogP contribution in [0, 0.1) is 0 Å². The molecule has 0 amide bonds. The summed E-state index contributed by atoms with van der Waals surface area (Å²) < 4.78 is 26.1. The van der Waals surface area contributed by atoms with E-state index in [1.54, 1.807) is 12.1 Å². The third kappa shape index (κ3) is 2.98. The largest absolute Gasteiger partial charge is 0.398 e. The van der Waals surface area contributed by atoms with Crippen molar-refractivity contribution in [2.75, 3.05) is 12.3 Å². The molecule has 0 heterocycles. The van der Waals surface area contributed by atoms with Crippen LogP contribution in [0.15, 0.2) is 35.7 Å². The van der Waals surface area contributed by atoms with E-state index in [0.717, 1.165) is 0 Å². The molecule has 0 fully saturated rings. The highest BCUT2D eigenvalue weighted by Crippen LogP contribution is 2.26. The molecule has 1 aromatic carbocycles. The van der Waals surface area contributed by atoms with E-state index in [1.807, 2.05) is 0 Å². The minimum Gasteiger partial charge on any atom is -0.398 e. The minimum atomic E-state index is -3.65. The smallest absolute Gasteiger partial charge is 0.244 e. The van der Waals surface area contributed by atoms with Crippen molar-refractivity contribution in [3.8, 4) is 0 Å². The van der Waals surface area contributed by atoms with Crippen LogP contribution in [0.3, 0.4) is 0 Å². The van der Waals surface area contributed by atoms with Gasteiger partial charge in [-0.15, -0.1) is 6.58 Å². The molecule has 3 N–H and O–H groups in total. The summed E-state index contributed by atoms with van der Waals surface area (Å²) in [7, 11) is -3.65. The number of hydrogen-bond donors (Lipinski definition) is 2. The van der Waals surface area contributed by atoms with Gasteiger partial charge in [-0.25, -0.2) is 13.1 Å². The standard InChI is InChI=1S/C10H13ClN2O2S/c1-2-3-7-13-16(14,15)10-8(11)5-4-6-9(10)12/h2,4-6,13H,1,3,7,12H2. The molecule has 0 aliphatic rings. The number of nitrogen functional groups attached to an aromatic ring is 1. The van der Waals surface area contributed by atoms with Gasteiger partial charge in [0.15, 0.2) is 0 Å². The second-order valence-electron chi connectivity index (χ2n) is 3.13. The van der Waals surface area contributed by atoms with Crippen LogP contribution in [-0.2, 0) is 10.0 Å².